The molecule has 4 rings (SSSR count). The Hall–Kier alpha value is -3.65. The van der Waals surface area contributed by atoms with Crippen LogP contribution in [-0.2, 0) is 0 Å². The van der Waals surface area contributed by atoms with Crippen molar-refractivity contribution in [1.29, 1.82) is 5.26 Å². The summed E-state index contributed by atoms with van der Waals surface area (Å²) in [6.07, 6.45) is 3.50. The first-order chi connectivity index (χ1) is 14.7. The van der Waals surface area contributed by atoms with E-state index < -0.39 is 0 Å². The van der Waals surface area contributed by atoms with Gasteiger partial charge in [-0.1, -0.05) is 43.3 Å². The Morgan fingerprint density at radius 2 is 1.73 bits per heavy atom. The van der Waals surface area contributed by atoms with Crippen LogP contribution in [0.5, 0.6) is 0 Å². The van der Waals surface area contributed by atoms with Gasteiger partial charge in [0.05, 0.1) is 17.2 Å². The molecule has 2 aromatic carbocycles. The molecule has 5 heteroatoms. The van der Waals surface area contributed by atoms with Gasteiger partial charge in [-0.05, 0) is 35.4 Å². The highest BCUT2D eigenvalue weighted by Crippen LogP contribution is 2.24. The van der Waals surface area contributed by atoms with E-state index in [0.29, 0.717) is 24.2 Å². The van der Waals surface area contributed by atoms with Crippen LogP contribution in [0.3, 0.4) is 0 Å². The third-order valence-corrected chi connectivity index (χ3v) is 5.71. The molecule has 3 aromatic rings. The number of amides is 1. The SMILES string of the molecule is CC(c1ccccc1)c1cncc(C(=O)N2CCN(c3cccc(C#N)c3)CC2)c1. The number of benzene rings is 2. The first kappa shape index (κ1) is 19.7. The van der Waals surface area contributed by atoms with Gasteiger partial charge in [0.2, 0.25) is 0 Å². The fraction of sp³-hybridized carbons (Fsp3) is 0.240. The molecule has 2 heterocycles. The lowest BCUT2D eigenvalue weighted by Crippen LogP contribution is -2.48. The zero-order valence-corrected chi connectivity index (χ0v) is 17.0. The fourth-order valence-electron chi connectivity index (χ4n) is 3.87. The number of nitrogens with zero attached hydrogens (tertiary/aromatic N) is 4. The molecule has 30 heavy (non-hydrogen) atoms. The highest BCUT2D eigenvalue weighted by atomic mass is 16.2. The van der Waals surface area contributed by atoms with Gasteiger partial charge in [0, 0.05) is 50.2 Å². The monoisotopic (exact) mass is 396 g/mol. The van der Waals surface area contributed by atoms with E-state index in [-0.39, 0.29) is 11.8 Å². The topological polar surface area (TPSA) is 60.2 Å². The van der Waals surface area contributed by atoms with E-state index in [0.717, 1.165) is 24.3 Å². The molecule has 0 saturated carbocycles. The Morgan fingerprint density at radius 3 is 2.47 bits per heavy atom. The second-order valence-electron chi connectivity index (χ2n) is 7.58. The molecule has 0 radical (unpaired) electrons. The summed E-state index contributed by atoms with van der Waals surface area (Å²) in [6.45, 7) is 4.92. The molecule has 1 aliphatic heterocycles. The summed E-state index contributed by atoms with van der Waals surface area (Å²) in [7, 11) is 0. The molecule has 0 bridgehead atoms. The number of pyridine rings is 1. The number of hydrogen-bond acceptors (Lipinski definition) is 4. The molecule has 1 unspecified atom stereocenters. The van der Waals surface area contributed by atoms with Crippen LogP contribution in [0.25, 0.3) is 0 Å². The smallest absolute Gasteiger partial charge is 0.255 e. The van der Waals surface area contributed by atoms with Gasteiger partial charge in [0.15, 0.2) is 0 Å². The van der Waals surface area contributed by atoms with Crippen LogP contribution >= 0.6 is 0 Å². The van der Waals surface area contributed by atoms with Gasteiger partial charge >= 0.3 is 0 Å². The van der Waals surface area contributed by atoms with Crippen LogP contribution in [0, 0.1) is 11.3 Å². The number of anilines is 1. The summed E-state index contributed by atoms with van der Waals surface area (Å²) < 4.78 is 0. The maximum Gasteiger partial charge on any atom is 0.255 e. The highest BCUT2D eigenvalue weighted by molar-refractivity contribution is 5.94. The second-order valence-corrected chi connectivity index (χ2v) is 7.58. The normalized spacial score (nSPS) is 14.8. The highest BCUT2D eigenvalue weighted by Gasteiger charge is 2.23. The van der Waals surface area contributed by atoms with E-state index in [1.54, 1.807) is 12.3 Å². The lowest BCUT2D eigenvalue weighted by atomic mass is 9.93. The van der Waals surface area contributed by atoms with Crippen molar-refractivity contribution in [1.82, 2.24) is 9.88 Å². The summed E-state index contributed by atoms with van der Waals surface area (Å²) >= 11 is 0. The van der Waals surface area contributed by atoms with Crippen LogP contribution in [0.15, 0.2) is 73.1 Å². The van der Waals surface area contributed by atoms with Crippen molar-refractivity contribution in [3.05, 3.63) is 95.3 Å². The van der Waals surface area contributed by atoms with Crippen molar-refractivity contribution >= 4 is 11.6 Å². The third-order valence-electron chi connectivity index (χ3n) is 5.71. The zero-order valence-electron chi connectivity index (χ0n) is 17.0. The largest absolute Gasteiger partial charge is 0.368 e. The molecule has 1 aromatic heterocycles. The Bertz CT molecular complexity index is 1070. The number of carbonyl (C=O) groups excluding carboxylic acids is 1. The van der Waals surface area contributed by atoms with Gasteiger partial charge in [-0.15, -0.1) is 0 Å². The molecule has 0 aliphatic carbocycles. The van der Waals surface area contributed by atoms with Gasteiger partial charge in [0.1, 0.15) is 0 Å². The van der Waals surface area contributed by atoms with Crippen LogP contribution in [0.4, 0.5) is 5.69 Å². The second kappa shape index (κ2) is 8.79. The molecule has 1 fully saturated rings. The average Bonchev–Trinajstić information content (AvgIpc) is 2.84. The average molecular weight is 396 g/mol. The van der Waals surface area contributed by atoms with E-state index in [1.807, 2.05) is 53.6 Å². The Kier molecular flexibility index (Phi) is 5.76. The van der Waals surface area contributed by atoms with E-state index in [1.165, 1.54) is 5.56 Å². The van der Waals surface area contributed by atoms with Crippen molar-refractivity contribution in [3.63, 3.8) is 0 Å². The summed E-state index contributed by atoms with van der Waals surface area (Å²) in [5, 5.41) is 9.11. The van der Waals surface area contributed by atoms with E-state index in [4.69, 9.17) is 5.26 Å². The van der Waals surface area contributed by atoms with Gasteiger partial charge in [-0.2, -0.15) is 5.26 Å². The Labute approximate surface area is 177 Å². The predicted octanol–water partition coefficient (Wildman–Crippen LogP) is 4.07. The van der Waals surface area contributed by atoms with Crippen LogP contribution in [0.1, 0.15) is 39.9 Å². The molecule has 5 nitrogen and oxygen atoms in total. The van der Waals surface area contributed by atoms with Crippen LogP contribution in [-0.4, -0.2) is 42.0 Å². The summed E-state index contributed by atoms with van der Waals surface area (Å²) in [4.78, 5) is 21.5. The molecule has 150 valence electrons. The molecule has 1 atom stereocenters. The van der Waals surface area contributed by atoms with E-state index in [2.05, 4.69) is 35.0 Å². The van der Waals surface area contributed by atoms with Gasteiger partial charge < -0.3 is 9.80 Å². The van der Waals surface area contributed by atoms with Crippen LogP contribution < -0.4 is 4.90 Å². The Morgan fingerprint density at radius 1 is 0.967 bits per heavy atom. The van der Waals surface area contributed by atoms with Crippen molar-refractivity contribution < 1.29 is 4.79 Å². The lowest BCUT2D eigenvalue weighted by molar-refractivity contribution is 0.0746. The molecule has 1 aliphatic rings. The number of aromatic nitrogens is 1. The molecule has 1 saturated heterocycles. The minimum Gasteiger partial charge on any atom is -0.368 e. The summed E-state index contributed by atoms with van der Waals surface area (Å²) in [5.74, 6) is 0.200. The van der Waals surface area contributed by atoms with Gasteiger partial charge in [-0.25, -0.2) is 0 Å². The first-order valence-electron chi connectivity index (χ1n) is 10.2. The quantitative estimate of drug-likeness (QED) is 0.667. The summed E-state index contributed by atoms with van der Waals surface area (Å²) in [5.41, 5.74) is 4.56. The maximum absolute atomic E-state index is 13.1. The molecular weight excluding hydrogens is 372 g/mol. The number of nitriles is 1. The number of rotatable bonds is 4. The first-order valence-corrected chi connectivity index (χ1v) is 10.2. The summed E-state index contributed by atoms with van der Waals surface area (Å²) in [6, 6.07) is 22.0. The lowest BCUT2D eigenvalue weighted by Gasteiger charge is -2.36. The van der Waals surface area contributed by atoms with Crippen molar-refractivity contribution in [3.8, 4) is 6.07 Å². The Balaban J connectivity index is 1.44. The third kappa shape index (κ3) is 4.18. The maximum atomic E-state index is 13.1. The molecule has 1 amide bonds. The minimum atomic E-state index is 0.0232. The standard InChI is InChI=1S/C25H24N4O/c1-19(21-7-3-2-4-8-21)22-15-23(18-27-17-22)25(30)29-12-10-28(11-13-29)24-9-5-6-20(14-24)16-26/h2-9,14-15,17-19H,10-13H2,1H3. The molecule has 0 N–H and O–H groups in total. The van der Waals surface area contributed by atoms with E-state index in [9.17, 15) is 4.79 Å². The number of carbonyl (C=O) groups is 1. The molecule has 0 spiro atoms. The van der Waals surface area contributed by atoms with Gasteiger partial charge in [0.25, 0.3) is 5.91 Å². The van der Waals surface area contributed by atoms with Crippen molar-refractivity contribution in [2.75, 3.05) is 31.1 Å². The van der Waals surface area contributed by atoms with Crippen LogP contribution in [0.2, 0.25) is 0 Å². The molecular formula is C25H24N4O. The number of hydrogen-bond donors (Lipinski definition) is 0. The van der Waals surface area contributed by atoms with Crippen molar-refractivity contribution in [2.45, 2.75) is 12.8 Å². The predicted molar refractivity (Wildman–Crippen MR) is 117 cm³/mol. The zero-order chi connectivity index (χ0) is 20.9. The number of piperazine rings is 1. The van der Waals surface area contributed by atoms with E-state index >= 15 is 0 Å². The van der Waals surface area contributed by atoms with Gasteiger partial charge in [-0.3, -0.25) is 9.78 Å². The minimum absolute atomic E-state index is 0.0232. The van der Waals surface area contributed by atoms with Crippen molar-refractivity contribution in [2.24, 2.45) is 0 Å². The fourth-order valence-corrected chi connectivity index (χ4v) is 3.87.